The number of nitrogens with zero attached hydrogens (tertiary/aromatic N) is 5. The first-order valence-electron chi connectivity index (χ1n) is 8.80. The highest BCUT2D eigenvalue weighted by Gasteiger charge is 2.29. The molecule has 0 spiro atoms. The molecule has 30 heavy (non-hydrogen) atoms. The normalized spacial score (nSPS) is 11.3. The quantitative estimate of drug-likeness (QED) is 0.577. The van der Waals surface area contributed by atoms with Gasteiger partial charge in [-0.2, -0.15) is 8.78 Å². The molecule has 0 saturated carbocycles. The number of alkyl halides is 2. The van der Waals surface area contributed by atoms with Gasteiger partial charge in [-0.3, -0.25) is 4.79 Å². The molecule has 3 rings (SSSR count). The van der Waals surface area contributed by atoms with Crippen LogP contribution in [0.4, 0.5) is 26.1 Å². The third kappa shape index (κ3) is 5.63. The van der Waals surface area contributed by atoms with E-state index in [1.807, 2.05) is 6.92 Å². The SMILES string of the molecule is CC(=O)Nc1cc(Nc2cc(C)nc(C(C)(F)F)n2)c(OCc2nnc(C)s2)cn1. The molecule has 0 unspecified atom stereocenters. The summed E-state index contributed by atoms with van der Waals surface area (Å²) < 4.78 is 33.2. The average molecular weight is 435 g/mol. The summed E-state index contributed by atoms with van der Waals surface area (Å²) >= 11 is 1.39. The predicted octanol–water partition coefficient (Wildman–Crippen LogP) is 3.73. The Bertz CT molecular complexity index is 1070. The summed E-state index contributed by atoms with van der Waals surface area (Å²) in [5, 5.41) is 14.9. The van der Waals surface area contributed by atoms with Crippen molar-refractivity contribution >= 4 is 34.6 Å². The number of carbonyl (C=O) groups is 1. The summed E-state index contributed by atoms with van der Waals surface area (Å²) in [6.45, 7) is 5.64. The monoisotopic (exact) mass is 435 g/mol. The van der Waals surface area contributed by atoms with Gasteiger partial charge in [-0.25, -0.2) is 15.0 Å². The van der Waals surface area contributed by atoms with E-state index in [2.05, 4.69) is 35.8 Å². The lowest BCUT2D eigenvalue weighted by Gasteiger charge is -2.15. The van der Waals surface area contributed by atoms with Crippen LogP contribution in [0.3, 0.4) is 0 Å². The molecule has 0 bridgehead atoms. The van der Waals surface area contributed by atoms with E-state index >= 15 is 0 Å². The zero-order valence-corrected chi connectivity index (χ0v) is 17.5. The first-order chi connectivity index (χ1) is 14.1. The van der Waals surface area contributed by atoms with Crippen molar-refractivity contribution in [2.45, 2.75) is 40.2 Å². The maximum atomic E-state index is 13.7. The zero-order chi connectivity index (χ0) is 21.9. The first-order valence-corrected chi connectivity index (χ1v) is 9.62. The highest BCUT2D eigenvalue weighted by Crippen LogP contribution is 2.31. The number of rotatable bonds is 7. The molecule has 3 heterocycles. The lowest BCUT2D eigenvalue weighted by atomic mass is 10.3. The summed E-state index contributed by atoms with van der Waals surface area (Å²) in [5.41, 5.74) is 0.741. The van der Waals surface area contributed by atoms with Crippen molar-refractivity contribution in [2.24, 2.45) is 0 Å². The van der Waals surface area contributed by atoms with E-state index in [0.717, 1.165) is 11.9 Å². The Hall–Kier alpha value is -3.28. The van der Waals surface area contributed by atoms with Crippen LogP contribution < -0.4 is 15.4 Å². The molecule has 0 aromatic carbocycles. The van der Waals surface area contributed by atoms with Gasteiger partial charge in [-0.05, 0) is 13.8 Å². The van der Waals surface area contributed by atoms with Gasteiger partial charge in [-0.1, -0.05) is 11.3 Å². The number of aryl methyl sites for hydroxylation is 2. The summed E-state index contributed by atoms with van der Waals surface area (Å²) in [6, 6.07) is 3.04. The smallest absolute Gasteiger partial charge is 0.303 e. The van der Waals surface area contributed by atoms with Crippen molar-refractivity contribution in [2.75, 3.05) is 10.6 Å². The predicted molar refractivity (Wildman–Crippen MR) is 107 cm³/mol. The molecule has 158 valence electrons. The molecule has 12 heteroatoms. The average Bonchev–Trinajstić information content (AvgIpc) is 3.04. The second kappa shape index (κ2) is 8.61. The van der Waals surface area contributed by atoms with Crippen molar-refractivity contribution in [3.8, 4) is 5.75 Å². The van der Waals surface area contributed by atoms with Crippen LogP contribution in [0.15, 0.2) is 18.3 Å². The number of halogens is 2. The number of nitrogens with one attached hydrogen (secondary N) is 2. The van der Waals surface area contributed by atoms with Gasteiger partial charge < -0.3 is 15.4 Å². The van der Waals surface area contributed by atoms with Gasteiger partial charge in [-0.15, -0.1) is 10.2 Å². The van der Waals surface area contributed by atoms with E-state index in [1.54, 1.807) is 6.92 Å². The number of ether oxygens (including phenoxy) is 1. The van der Waals surface area contributed by atoms with Gasteiger partial charge >= 0.3 is 5.92 Å². The fourth-order valence-electron chi connectivity index (χ4n) is 2.41. The van der Waals surface area contributed by atoms with Crippen LogP contribution in [0.5, 0.6) is 5.75 Å². The Morgan fingerprint density at radius 1 is 1.20 bits per heavy atom. The zero-order valence-electron chi connectivity index (χ0n) is 16.7. The van der Waals surface area contributed by atoms with Crippen LogP contribution >= 0.6 is 11.3 Å². The van der Waals surface area contributed by atoms with Crippen LogP contribution in [0.2, 0.25) is 0 Å². The molecule has 3 aromatic heterocycles. The molecule has 0 saturated heterocycles. The molecule has 3 aromatic rings. The first kappa shape index (κ1) is 21.4. The number of amides is 1. The van der Waals surface area contributed by atoms with E-state index in [1.165, 1.54) is 36.6 Å². The molecule has 0 aliphatic carbocycles. The number of anilines is 3. The van der Waals surface area contributed by atoms with Gasteiger partial charge in [0.15, 0.2) is 10.8 Å². The minimum absolute atomic E-state index is 0.141. The molecule has 2 N–H and O–H groups in total. The Labute approximate surface area is 175 Å². The standard InChI is InChI=1S/C18H19F2N7O2S/c1-9-5-15(25-17(22-9)18(4,19)20)24-12-6-14(23-10(2)28)21-7-13(12)29-8-16-27-26-11(3)30-16/h5-7H,8H2,1-4H3,(H2,21,22,23,24,25,28). The lowest BCUT2D eigenvalue weighted by molar-refractivity contribution is -0.114. The highest BCUT2D eigenvalue weighted by atomic mass is 32.1. The van der Waals surface area contributed by atoms with E-state index < -0.39 is 11.7 Å². The van der Waals surface area contributed by atoms with Crippen LogP contribution in [0.25, 0.3) is 0 Å². The van der Waals surface area contributed by atoms with Gasteiger partial charge in [0.25, 0.3) is 0 Å². The number of aromatic nitrogens is 5. The highest BCUT2D eigenvalue weighted by molar-refractivity contribution is 7.11. The lowest BCUT2D eigenvalue weighted by Crippen LogP contribution is -2.14. The maximum Gasteiger partial charge on any atom is 0.303 e. The van der Waals surface area contributed by atoms with Crippen molar-refractivity contribution in [3.63, 3.8) is 0 Å². The van der Waals surface area contributed by atoms with Crippen molar-refractivity contribution in [3.05, 3.63) is 39.9 Å². The molecule has 0 radical (unpaired) electrons. The molecule has 1 amide bonds. The summed E-state index contributed by atoms with van der Waals surface area (Å²) in [7, 11) is 0. The minimum atomic E-state index is -3.20. The Morgan fingerprint density at radius 2 is 1.97 bits per heavy atom. The molecular formula is C18H19F2N7O2S. The Morgan fingerprint density at radius 3 is 2.60 bits per heavy atom. The minimum Gasteiger partial charge on any atom is -0.483 e. The molecule has 0 aliphatic heterocycles. The molecule has 0 fully saturated rings. The van der Waals surface area contributed by atoms with Gasteiger partial charge in [0.1, 0.15) is 23.3 Å². The van der Waals surface area contributed by atoms with Crippen LogP contribution in [0.1, 0.15) is 35.4 Å². The molecule has 0 aliphatic rings. The van der Waals surface area contributed by atoms with E-state index in [-0.39, 0.29) is 24.1 Å². The van der Waals surface area contributed by atoms with Crippen molar-refractivity contribution in [1.82, 2.24) is 25.1 Å². The van der Waals surface area contributed by atoms with Gasteiger partial charge in [0.05, 0.1) is 11.9 Å². The fourth-order valence-corrected chi connectivity index (χ4v) is 3.03. The molecular weight excluding hydrogens is 416 g/mol. The van der Waals surface area contributed by atoms with Gasteiger partial charge in [0.2, 0.25) is 11.7 Å². The summed E-state index contributed by atoms with van der Waals surface area (Å²) in [5.74, 6) is -3.38. The largest absolute Gasteiger partial charge is 0.483 e. The number of carbonyl (C=O) groups excluding carboxylic acids is 1. The van der Waals surface area contributed by atoms with E-state index in [4.69, 9.17) is 4.74 Å². The second-order valence-corrected chi connectivity index (χ2v) is 7.75. The second-order valence-electron chi connectivity index (χ2n) is 6.48. The summed E-state index contributed by atoms with van der Waals surface area (Å²) in [6.07, 6.45) is 1.41. The van der Waals surface area contributed by atoms with Crippen LogP contribution in [-0.2, 0) is 17.3 Å². The topological polar surface area (TPSA) is 115 Å². The van der Waals surface area contributed by atoms with E-state index in [9.17, 15) is 13.6 Å². The fraction of sp³-hybridized carbons (Fsp3) is 0.333. The summed E-state index contributed by atoms with van der Waals surface area (Å²) in [4.78, 5) is 23.2. The van der Waals surface area contributed by atoms with E-state index in [0.29, 0.717) is 22.1 Å². The molecule has 9 nitrogen and oxygen atoms in total. The van der Waals surface area contributed by atoms with Crippen molar-refractivity contribution < 1.29 is 18.3 Å². The van der Waals surface area contributed by atoms with Gasteiger partial charge in [0, 0.05) is 31.7 Å². The Balaban J connectivity index is 1.92. The number of hydrogen-bond donors (Lipinski definition) is 2. The van der Waals surface area contributed by atoms with Crippen LogP contribution in [0, 0.1) is 13.8 Å². The maximum absolute atomic E-state index is 13.7. The van der Waals surface area contributed by atoms with Crippen molar-refractivity contribution in [1.29, 1.82) is 0 Å². The van der Waals surface area contributed by atoms with Crippen LogP contribution in [-0.4, -0.2) is 31.1 Å². The number of pyridine rings is 1. The third-order valence-electron chi connectivity index (χ3n) is 3.60. The number of hydrogen-bond acceptors (Lipinski definition) is 9. The third-order valence-corrected chi connectivity index (χ3v) is 4.41. The molecule has 0 atom stereocenters. The Kier molecular flexibility index (Phi) is 6.15.